The molecule has 1 aliphatic carbocycles. The van der Waals surface area contributed by atoms with Crippen molar-refractivity contribution in [3.63, 3.8) is 0 Å². The largest absolute Gasteiger partial charge is 0.489 e. The Hall–Kier alpha value is -0.730. The Morgan fingerprint density at radius 3 is 2.50 bits per heavy atom. The van der Waals surface area contributed by atoms with E-state index in [2.05, 4.69) is 6.92 Å². The van der Waals surface area contributed by atoms with Gasteiger partial charge in [-0.3, -0.25) is 0 Å². The van der Waals surface area contributed by atoms with Crippen LogP contribution in [0, 0.1) is 5.92 Å². The molecular formula is C15H21ClO2. The summed E-state index contributed by atoms with van der Waals surface area (Å²) < 4.78 is 5.96. The number of hydrogen-bond donors (Lipinski definition) is 1. The number of aliphatic hydroxyl groups is 1. The Morgan fingerprint density at radius 1 is 1.28 bits per heavy atom. The van der Waals surface area contributed by atoms with Crippen LogP contribution < -0.4 is 4.74 Å². The van der Waals surface area contributed by atoms with Crippen molar-refractivity contribution in [3.05, 3.63) is 28.8 Å². The lowest BCUT2D eigenvalue weighted by atomic mass is 9.89. The number of aliphatic hydroxyl groups excluding tert-OH is 1. The molecule has 1 N–H and O–H groups in total. The Balaban J connectivity index is 2.01. The molecule has 0 amide bonds. The zero-order valence-electron chi connectivity index (χ0n) is 11.0. The summed E-state index contributed by atoms with van der Waals surface area (Å²) in [4.78, 5) is 0. The third-order valence-electron chi connectivity index (χ3n) is 3.69. The summed E-state index contributed by atoms with van der Waals surface area (Å²) in [5, 5.41) is 10.1. The van der Waals surface area contributed by atoms with Crippen molar-refractivity contribution in [2.75, 3.05) is 0 Å². The van der Waals surface area contributed by atoms with Crippen molar-refractivity contribution >= 4 is 11.6 Å². The van der Waals surface area contributed by atoms with Crippen LogP contribution >= 0.6 is 11.6 Å². The van der Waals surface area contributed by atoms with E-state index in [0.29, 0.717) is 5.02 Å². The number of benzene rings is 1. The van der Waals surface area contributed by atoms with Gasteiger partial charge in [-0.1, -0.05) is 24.6 Å². The lowest BCUT2D eigenvalue weighted by Gasteiger charge is -2.27. The average molecular weight is 269 g/mol. The molecule has 0 bridgehead atoms. The number of hydrogen-bond acceptors (Lipinski definition) is 2. The molecule has 3 heteroatoms. The fourth-order valence-corrected chi connectivity index (χ4v) is 2.63. The predicted molar refractivity (Wildman–Crippen MR) is 74.1 cm³/mol. The highest BCUT2D eigenvalue weighted by molar-refractivity contribution is 6.32. The maximum Gasteiger partial charge on any atom is 0.138 e. The van der Waals surface area contributed by atoms with Gasteiger partial charge in [-0.05, 0) is 56.2 Å². The smallest absolute Gasteiger partial charge is 0.138 e. The van der Waals surface area contributed by atoms with Gasteiger partial charge < -0.3 is 9.84 Å². The molecule has 1 aromatic rings. The molecule has 2 nitrogen and oxygen atoms in total. The van der Waals surface area contributed by atoms with Crippen molar-refractivity contribution in [3.8, 4) is 5.75 Å². The molecular weight excluding hydrogens is 248 g/mol. The van der Waals surface area contributed by atoms with Crippen molar-refractivity contribution in [2.45, 2.75) is 51.7 Å². The second-order valence-corrected chi connectivity index (χ2v) is 5.77. The average Bonchev–Trinajstić information content (AvgIpc) is 2.34. The molecule has 18 heavy (non-hydrogen) atoms. The molecule has 1 aromatic carbocycles. The van der Waals surface area contributed by atoms with Gasteiger partial charge in [-0.25, -0.2) is 0 Å². The van der Waals surface area contributed by atoms with E-state index in [4.69, 9.17) is 16.3 Å². The quantitative estimate of drug-likeness (QED) is 0.883. The van der Waals surface area contributed by atoms with Crippen LogP contribution in [0.5, 0.6) is 5.75 Å². The van der Waals surface area contributed by atoms with Crippen LogP contribution in [0.3, 0.4) is 0 Å². The molecule has 2 rings (SSSR count). The summed E-state index contributed by atoms with van der Waals surface area (Å²) in [6.07, 6.45) is 4.47. The second kappa shape index (κ2) is 5.94. The summed E-state index contributed by atoms with van der Waals surface area (Å²) >= 11 is 6.19. The molecule has 1 saturated carbocycles. The summed E-state index contributed by atoms with van der Waals surface area (Å²) in [6.45, 7) is 4.02. The maximum absolute atomic E-state index is 9.49. The summed E-state index contributed by atoms with van der Waals surface area (Å²) in [7, 11) is 0. The van der Waals surface area contributed by atoms with Gasteiger partial charge in [0.1, 0.15) is 5.75 Å². The van der Waals surface area contributed by atoms with E-state index in [1.54, 1.807) is 13.0 Å². The van der Waals surface area contributed by atoms with E-state index in [1.165, 1.54) is 12.8 Å². The summed E-state index contributed by atoms with van der Waals surface area (Å²) in [6, 6.07) is 5.52. The van der Waals surface area contributed by atoms with Gasteiger partial charge in [0, 0.05) is 0 Å². The first-order chi connectivity index (χ1) is 8.56. The third-order valence-corrected chi connectivity index (χ3v) is 3.99. The minimum atomic E-state index is -0.493. The van der Waals surface area contributed by atoms with Gasteiger partial charge in [0.2, 0.25) is 0 Å². The van der Waals surface area contributed by atoms with Gasteiger partial charge in [-0.15, -0.1) is 0 Å². The minimum absolute atomic E-state index is 0.288. The van der Waals surface area contributed by atoms with Crippen molar-refractivity contribution in [2.24, 2.45) is 5.92 Å². The fourth-order valence-electron chi connectivity index (χ4n) is 2.40. The second-order valence-electron chi connectivity index (χ2n) is 5.37. The lowest BCUT2D eigenvalue weighted by molar-refractivity contribution is 0.135. The van der Waals surface area contributed by atoms with Crippen LogP contribution in [0.15, 0.2) is 18.2 Å². The van der Waals surface area contributed by atoms with Gasteiger partial charge in [0.15, 0.2) is 0 Å². The SMILES string of the molecule is CC1CCC(Oc2ccc([C@@H](C)O)cc2Cl)CC1. The topological polar surface area (TPSA) is 29.5 Å². The highest BCUT2D eigenvalue weighted by Gasteiger charge is 2.20. The lowest BCUT2D eigenvalue weighted by Crippen LogP contribution is -2.23. The number of ether oxygens (including phenoxy) is 1. The van der Waals surface area contributed by atoms with Crippen LogP contribution in [0.2, 0.25) is 5.02 Å². The Kier molecular flexibility index (Phi) is 4.52. The van der Waals surface area contributed by atoms with Gasteiger partial charge in [0.05, 0.1) is 17.2 Å². The molecule has 0 spiro atoms. The van der Waals surface area contributed by atoms with E-state index >= 15 is 0 Å². The first kappa shape index (κ1) is 13.7. The monoisotopic (exact) mass is 268 g/mol. The molecule has 1 aliphatic rings. The Labute approximate surface area is 114 Å². The Bertz CT molecular complexity index is 395. The molecule has 100 valence electrons. The zero-order chi connectivity index (χ0) is 13.1. The van der Waals surface area contributed by atoms with Gasteiger partial charge in [0.25, 0.3) is 0 Å². The molecule has 0 aliphatic heterocycles. The highest BCUT2D eigenvalue weighted by atomic mass is 35.5. The van der Waals surface area contributed by atoms with Crippen LogP contribution in [-0.2, 0) is 0 Å². The first-order valence-corrected chi connectivity index (χ1v) is 7.08. The molecule has 1 atom stereocenters. The number of halogens is 1. The minimum Gasteiger partial charge on any atom is -0.489 e. The first-order valence-electron chi connectivity index (χ1n) is 6.70. The van der Waals surface area contributed by atoms with Gasteiger partial charge >= 0.3 is 0 Å². The predicted octanol–water partition coefficient (Wildman–Crippen LogP) is 4.35. The summed E-state index contributed by atoms with van der Waals surface area (Å²) in [5.74, 6) is 1.55. The fraction of sp³-hybridized carbons (Fsp3) is 0.600. The maximum atomic E-state index is 9.49. The number of rotatable bonds is 3. The normalized spacial score (nSPS) is 25.8. The van der Waals surface area contributed by atoms with Crippen LogP contribution in [-0.4, -0.2) is 11.2 Å². The molecule has 0 radical (unpaired) electrons. The van der Waals surface area contributed by atoms with Crippen LogP contribution in [0.25, 0.3) is 0 Å². The van der Waals surface area contributed by atoms with E-state index in [-0.39, 0.29) is 6.10 Å². The zero-order valence-corrected chi connectivity index (χ0v) is 11.8. The van der Waals surface area contributed by atoms with Gasteiger partial charge in [-0.2, -0.15) is 0 Å². The van der Waals surface area contributed by atoms with Crippen molar-refractivity contribution < 1.29 is 9.84 Å². The van der Waals surface area contributed by atoms with Crippen LogP contribution in [0.1, 0.15) is 51.2 Å². The molecule has 0 unspecified atom stereocenters. The van der Waals surface area contributed by atoms with Crippen molar-refractivity contribution in [1.29, 1.82) is 0 Å². The van der Waals surface area contributed by atoms with Crippen molar-refractivity contribution in [1.82, 2.24) is 0 Å². The molecule has 0 aromatic heterocycles. The summed E-state index contributed by atoms with van der Waals surface area (Å²) in [5.41, 5.74) is 0.824. The van der Waals surface area contributed by atoms with E-state index in [0.717, 1.165) is 30.1 Å². The standard InChI is InChI=1S/C15H21ClO2/c1-10-3-6-13(7-4-10)18-15-8-5-12(11(2)17)9-14(15)16/h5,8-11,13,17H,3-4,6-7H2,1-2H3/t10?,11-,13?/m1/s1. The highest BCUT2D eigenvalue weighted by Crippen LogP contribution is 2.32. The van der Waals surface area contributed by atoms with E-state index in [9.17, 15) is 5.11 Å². The van der Waals surface area contributed by atoms with Crippen LogP contribution in [0.4, 0.5) is 0 Å². The van der Waals surface area contributed by atoms with E-state index in [1.807, 2.05) is 12.1 Å². The molecule has 0 heterocycles. The molecule has 0 saturated heterocycles. The molecule has 1 fully saturated rings. The third kappa shape index (κ3) is 3.39. The van der Waals surface area contributed by atoms with E-state index < -0.39 is 6.10 Å². The Morgan fingerprint density at radius 2 is 1.94 bits per heavy atom.